The molecule has 0 amide bonds. The lowest BCUT2D eigenvalue weighted by molar-refractivity contribution is -0.323. The number of benzene rings is 5. The van der Waals surface area contributed by atoms with Crippen LogP contribution in [-0.2, 0) is 53.1 Å². The van der Waals surface area contributed by atoms with Crippen molar-refractivity contribution in [2.45, 2.75) is 270 Å². The zero-order valence-corrected chi connectivity index (χ0v) is 60.7. The summed E-state index contributed by atoms with van der Waals surface area (Å²) in [6.07, 6.45) is 8.78. The summed E-state index contributed by atoms with van der Waals surface area (Å²) in [6.45, 7) is 39.0. The van der Waals surface area contributed by atoms with E-state index in [1.807, 2.05) is 45.9 Å². The van der Waals surface area contributed by atoms with Crippen molar-refractivity contribution < 1.29 is 46.5 Å². The fourth-order valence-corrected chi connectivity index (χ4v) is 24.0. The van der Waals surface area contributed by atoms with Gasteiger partial charge in [0.25, 0.3) is 16.6 Å². The summed E-state index contributed by atoms with van der Waals surface area (Å²) >= 11 is 0. The molecule has 7 rings (SSSR count). The Labute approximate surface area is 541 Å². The minimum Gasteiger partial charge on any atom is -0.414 e. The molecular weight excluding hydrogens is 1160 g/mol. The molecule has 89 heavy (non-hydrogen) atoms. The summed E-state index contributed by atoms with van der Waals surface area (Å²) in [7, 11) is -8.03. The smallest absolute Gasteiger partial charge is 0.261 e. The van der Waals surface area contributed by atoms with Gasteiger partial charge in [-0.3, -0.25) is 0 Å². The minimum absolute atomic E-state index is 0.0113. The molecule has 2 saturated heterocycles. The van der Waals surface area contributed by atoms with Gasteiger partial charge < -0.3 is 46.5 Å². The second-order valence-corrected chi connectivity index (χ2v) is 43.5. The third kappa shape index (κ3) is 19.8. The van der Waals surface area contributed by atoms with E-state index < -0.39 is 36.5 Å². The zero-order chi connectivity index (χ0) is 64.7. The van der Waals surface area contributed by atoms with Crippen LogP contribution in [-0.4, -0.2) is 98.4 Å². The molecule has 2 heterocycles. The van der Waals surface area contributed by atoms with Gasteiger partial charge in [-0.15, -0.1) is 0 Å². The second kappa shape index (κ2) is 31.8. The van der Waals surface area contributed by atoms with Crippen LogP contribution in [0.1, 0.15) is 186 Å². The van der Waals surface area contributed by atoms with E-state index in [4.69, 9.17) is 41.7 Å². The highest BCUT2D eigenvalue weighted by atomic mass is 28.4. The van der Waals surface area contributed by atoms with Crippen molar-refractivity contribution in [3.63, 3.8) is 0 Å². The van der Waals surface area contributed by atoms with E-state index in [1.165, 1.54) is 20.7 Å². The summed E-state index contributed by atoms with van der Waals surface area (Å²) in [6, 6.07) is 54.6. The Morgan fingerprint density at radius 3 is 1.48 bits per heavy atom. The Morgan fingerprint density at radius 1 is 0.551 bits per heavy atom. The standard InChI is InChI=1S/C76H114O10Si3/c1-58(71(79-57-78-55-60-37-24-18-25-38-60)70-54-62(52-51-59(2)77)81-75(12,13)84-70)53-69-68(82-76(14,15)83-69)50-35-19-26-39-61(85-88(73(6,7)8,64-42-27-20-28-43-64)65-44-29-21-30-45-65)40-36-41-63(56-80-87(16,17)72(3,4)5)86-89(74(9,10)11,66-46-31-22-32-47-66)67-48-33-23-34-49-67/h18,20-25,27-34,37-38,42-49,58,61-63,68-71H,19,26,35-36,39-41,50-57H2,1-17H3/t58-,61+,62-,63+,68-,69-,70-,71+/m0/s1. The highest BCUT2D eigenvalue weighted by Crippen LogP contribution is 2.43. The molecule has 13 heteroatoms. The maximum atomic E-state index is 12.1. The lowest BCUT2D eigenvalue weighted by Gasteiger charge is -2.46. The minimum atomic E-state index is -2.93. The molecular formula is C76H114O10Si3. The molecule has 5 aromatic rings. The first-order chi connectivity index (χ1) is 42.0. The monoisotopic (exact) mass is 1270 g/mol. The third-order valence-electron chi connectivity index (χ3n) is 19.0. The Morgan fingerprint density at radius 2 is 1.00 bits per heavy atom. The van der Waals surface area contributed by atoms with E-state index in [1.54, 1.807) is 6.92 Å². The van der Waals surface area contributed by atoms with Gasteiger partial charge in [0.05, 0.1) is 49.8 Å². The molecule has 10 nitrogen and oxygen atoms in total. The number of hydrogen-bond donors (Lipinski definition) is 0. The second-order valence-electron chi connectivity index (χ2n) is 30.2. The van der Waals surface area contributed by atoms with E-state index in [0.717, 1.165) is 56.9 Å². The molecule has 8 atom stereocenters. The SMILES string of the molecule is CC(=O)CC[C@H]1C[C@@H]([C@H](OCOCc2ccccc2)[C@@H](C)C[C@@H]2OC(C)(C)O[C@H]2CCCCC[C@H](CCC[C@H](CO[Si](C)(C)C(C)(C)C)O[Si](c2ccccc2)(c2ccccc2)C(C)(C)C)O[Si](c2ccccc2)(c2ccccc2)C(C)(C)C)OC(C)(C)O1. The maximum Gasteiger partial charge on any atom is 0.261 e. The fraction of sp³-hybridized carbons (Fsp3) is 0.592. The van der Waals surface area contributed by atoms with Crippen LogP contribution in [0.25, 0.3) is 0 Å². The Bertz CT molecular complexity index is 2770. The van der Waals surface area contributed by atoms with Gasteiger partial charge in [0, 0.05) is 18.9 Å². The normalized spacial score (nSPS) is 20.6. The van der Waals surface area contributed by atoms with Crippen LogP contribution in [0.3, 0.4) is 0 Å². The third-order valence-corrected chi connectivity index (χ3v) is 33.7. The summed E-state index contributed by atoms with van der Waals surface area (Å²) in [5, 5.41) is 4.85. The quantitative estimate of drug-likeness (QED) is 0.0229. The topological polar surface area (TPSA) is 100 Å². The van der Waals surface area contributed by atoms with E-state index >= 15 is 0 Å². The molecule has 0 bridgehead atoms. The molecule has 0 radical (unpaired) electrons. The molecule has 490 valence electrons. The first-order valence-electron chi connectivity index (χ1n) is 33.6. The van der Waals surface area contributed by atoms with Crippen molar-refractivity contribution in [3.8, 4) is 0 Å². The van der Waals surface area contributed by atoms with Gasteiger partial charge in [0.15, 0.2) is 19.9 Å². The molecule has 2 aliphatic rings. The predicted octanol–water partition coefficient (Wildman–Crippen LogP) is 16.4. The number of ether oxygens (including phenoxy) is 6. The summed E-state index contributed by atoms with van der Waals surface area (Å²) in [4.78, 5) is 12.1. The van der Waals surface area contributed by atoms with Crippen molar-refractivity contribution in [1.29, 1.82) is 0 Å². The van der Waals surface area contributed by atoms with Gasteiger partial charge >= 0.3 is 0 Å². The number of ketones is 1. The molecule has 0 aromatic heterocycles. The fourth-order valence-electron chi connectivity index (χ4n) is 13.5. The average molecular weight is 1270 g/mol. The molecule has 0 N–H and O–H groups in total. The summed E-state index contributed by atoms with van der Waals surface area (Å²) in [5.41, 5.74) is 1.09. The molecule has 2 aliphatic heterocycles. The Hall–Kier alpha value is -3.94. The lowest BCUT2D eigenvalue weighted by atomic mass is 9.87. The number of unbranched alkanes of at least 4 members (excludes halogenated alkanes) is 2. The van der Waals surface area contributed by atoms with Crippen molar-refractivity contribution in [2.24, 2.45) is 5.92 Å². The number of hydrogen-bond acceptors (Lipinski definition) is 10. The average Bonchev–Trinajstić information content (AvgIpc) is 1.33. The molecule has 0 unspecified atom stereocenters. The highest BCUT2D eigenvalue weighted by Gasteiger charge is 2.54. The summed E-state index contributed by atoms with van der Waals surface area (Å²) in [5.74, 6) is -1.41. The molecule has 2 fully saturated rings. The molecule has 5 aromatic carbocycles. The van der Waals surface area contributed by atoms with Gasteiger partial charge in [-0.2, -0.15) is 0 Å². The molecule has 0 aliphatic carbocycles. The van der Waals surface area contributed by atoms with Crippen LogP contribution < -0.4 is 20.7 Å². The number of rotatable bonds is 33. The van der Waals surface area contributed by atoms with E-state index in [0.29, 0.717) is 38.9 Å². The Kier molecular flexibility index (Phi) is 25.9. The number of carbonyl (C=O) groups excluding carboxylic acids is 1. The predicted molar refractivity (Wildman–Crippen MR) is 372 cm³/mol. The van der Waals surface area contributed by atoms with Gasteiger partial charge in [0.2, 0.25) is 0 Å². The zero-order valence-electron chi connectivity index (χ0n) is 57.7. The lowest BCUT2D eigenvalue weighted by Crippen LogP contribution is -2.68. The molecule has 0 saturated carbocycles. The van der Waals surface area contributed by atoms with E-state index in [2.05, 4.69) is 216 Å². The molecule has 0 spiro atoms. The largest absolute Gasteiger partial charge is 0.414 e. The van der Waals surface area contributed by atoms with Crippen molar-refractivity contribution in [1.82, 2.24) is 0 Å². The van der Waals surface area contributed by atoms with Crippen molar-refractivity contribution in [2.75, 3.05) is 13.4 Å². The first-order valence-corrected chi connectivity index (χ1v) is 40.3. The number of carbonyl (C=O) groups is 1. The van der Waals surface area contributed by atoms with Gasteiger partial charge in [-0.25, -0.2) is 0 Å². The van der Waals surface area contributed by atoms with Gasteiger partial charge in [-0.05, 0) is 140 Å². The van der Waals surface area contributed by atoms with Crippen molar-refractivity contribution >= 4 is 51.5 Å². The van der Waals surface area contributed by atoms with Crippen LogP contribution >= 0.6 is 0 Å². The van der Waals surface area contributed by atoms with Gasteiger partial charge in [0.1, 0.15) is 12.6 Å². The van der Waals surface area contributed by atoms with E-state index in [9.17, 15) is 4.79 Å². The van der Waals surface area contributed by atoms with Crippen molar-refractivity contribution in [3.05, 3.63) is 157 Å². The van der Waals surface area contributed by atoms with Crippen LogP contribution in [0.2, 0.25) is 28.2 Å². The van der Waals surface area contributed by atoms with Gasteiger partial charge in [-0.1, -0.05) is 240 Å². The Balaban J connectivity index is 1.12. The van der Waals surface area contributed by atoms with Crippen LogP contribution in [0.5, 0.6) is 0 Å². The first kappa shape index (κ1) is 72.5. The van der Waals surface area contributed by atoms with Crippen LogP contribution in [0.4, 0.5) is 0 Å². The number of Topliss-reactive ketones (excluding diaryl/α,β-unsaturated/α-hetero) is 1. The maximum absolute atomic E-state index is 12.1. The van der Waals surface area contributed by atoms with Crippen LogP contribution in [0, 0.1) is 5.92 Å². The highest BCUT2D eigenvalue weighted by molar-refractivity contribution is 7.00. The van der Waals surface area contributed by atoms with E-state index in [-0.39, 0.29) is 76.3 Å². The van der Waals surface area contributed by atoms with Crippen LogP contribution in [0.15, 0.2) is 152 Å². The summed E-state index contributed by atoms with van der Waals surface area (Å²) < 4.78 is 63.0.